The Labute approximate surface area is 117 Å². The molecule has 0 saturated heterocycles. The summed E-state index contributed by atoms with van der Waals surface area (Å²) in [4.78, 5) is 11.1. The molecule has 3 nitrogen and oxygen atoms in total. The lowest BCUT2D eigenvalue weighted by Crippen LogP contribution is -2.19. The maximum Gasteiger partial charge on any atom is 0.339 e. The fourth-order valence-corrected chi connectivity index (χ4v) is 3.73. The predicted molar refractivity (Wildman–Crippen MR) is 72.8 cm³/mol. The monoisotopic (exact) mass is 280 g/mol. The molecule has 0 aliphatic heterocycles. The van der Waals surface area contributed by atoms with Gasteiger partial charge in [0.25, 0.3) is 0 Å². The molecule has 3 atom stereocenters. The second-order valence-corrected chi connectivity index (χ2v) is 6.13. The van der Waals surface area contributed by atoms with Gasteiger partial charge in [-0.05, 0) is 55.2 Å². The van der Waals surface area contributed by atoms with E-state index in [1.54, 1.807) is 12.1 Å². The maximum atomic E-state index is 11.1. The number of rotatable bonds is 4. The Balaban J connectivity index is 1.69. The molecular weight excluding hydrogens is 264 g/mol. The van der Waals surface area contributed by atoms with Gasteiger partial charge in [-0.2, -0.15) is 0 Å². The van der Waals surface area contributed by atoms with Crippen molar-refractivity contribution >= 4 is 17.6 Å². The SMILES string of the molecule is O=C(O)c1ccc(Cl)cc1OCC1CC2CCC1C2. The number of hydrogen-bond donors (Lipinski definition) is 1. The van der Waals surface area contributed by atoms with Crippen molar-refractivity contribution in [2.24, 2.45) is 17.8 Å². The molecule has 0 spiro atoms. The van der Waals surface area contributed by atoms with E-state index in [2.05, 4.69) is 0 Å². The molecular formula is C15H17ClO3. The van der Waals surface area contributed by atoms with Crippen LogP contribution in [0.2, 0.25) is 5.02 Å². The van der Waals surface area contributed by atoms with Gasteiger partial charge < -0.3 is 9.84 Å². The van der Waals surface area contributed by atoms with Gasteiger partial charge >= 0.3 is 5.97 Å². The predicted octanol–water partition coefficient (Wildman–Crippen LogP) is 3.85. The molecule has 0 radical (unpaired) electrons. The highest BCUT2D eigenvalue weighted by Gasteiger charge is 2.39. The second-order valence-electron chi connectivity index (χ2n) is 5.69. The summed E-state index contributed by atoms with van der Waals surface area (Å²) < 4.78 is 5.75. The van der Waals surface area contributed by atoms with E-state index in [1.807, 2.05) is 0 Å². The van der Waals surface area contributed by atoms with Crippen LogP contribution in [0.15, 0.2) is 18.2 Å². The molecule has 1 aromatic carbocycles. The van der Waals surface area contributed by atoms with Crippen LogP contribution in [0.1, 0.15) is 36.0 Å². The number of carboxylic acid groups (broad SMARTS) is 1. The van der Waals surface area contributed by atoms with Crippen LogP contribution in [0.4, 0.5) is 0 Å². The van der Waals surface area contributed by atoms with Crippen molar-refractivity contribution in [1.82, 2.24) is 0 Å². The van der Waals surface area contributed by atoms with Gasteiger partial charge in [0, 0.05) is 5.02 Å². The molecule has 3 unspecified atom stereocenters. The lowest BCUT2D eigenvalue weighted by atomic mass is 9.89. The zero-order valence-electron chi connectivity index (χ0n) is 10.6. The first-order valence-electron chi connectivity index (χ1n) is 6.79. The first-order valence-corrected chi connectivity index (χ1v) is 7.17. The Morgan fingerprint density at radius 1 is 1.37 bits per heavy atom. The van der Waals surface area contributed by atoms with Crippen molar-refractivity contribution in [3.8, 4) is 5.75 Å². The van der Waals surface area contributed by atoms with Crippen LogP contribution in [0.5, 0.6) is 5.75 Å². The van der Waals surface area contributed by atoms with E-state index < -0.39 is 5.97 Å². The molecule has 2 bridgehead atoms. The van der Waals surface area contributed by atoms with Crippen LogP contribution >= 0.6 is 11.6 Å². The Bertz CT molecular complexity index is 500. The van der Waals surface area contributed by atoms with E-state index in [4.69, 9.17) is 21.4 Å². The van der Waals surface area contributed by atoms with Crippen molar-refractivity contribution in [1.29, 1.82) is 0 Å². The lowest BCUT2D eigenvalue weighted by Gasteiger charge is -2.22. The molecule has 0 aromatic heterocycles. The molecule has 1 N–H and O–H groups in total. The van der Waals surface area contributed by atoms with Gasteiger partial charge in [0.05, 0.1) is 6.61 Å². The van der Waals surface area contributed by atoms with Crippen LogP contribution in [0.3, 0.4) is 0 Å². The second kappa shape index (κ2) is 5.04. The summed E-state index contributed by atoms with van der Waals surface area (Å²) in [6.45, 7) is 0.613. The largest absolute Gasteiger partial charge is 0.492 e. The van der Waals surface area contributed by atoms with Crippen LogP contribution in [-0.4, -0.2) is 17.7 Å². The first-order chi connectivity index (χ1) is 9.13. The van der Waals surface area contributed by atoms with Gasteiger partial charge in [-0.1, -0.05) is 18.0 Å². The Morgan fingerprint density at radius 3 is 2.84 bits per heavy atom. The van der Waals surface area contributed by atoms with Crippen molar-refractivity contribution in [2.45, 2.75) is 25.7 Å². The van der Waals surface area contributed by atoms with E-state index in [0.717, 1.165) is 11.8 Å². The highest BCUT2D eigenvalue weighted by atomic mass is 35.5. The topological polar surface area (TPSA) is 46.5 Å². The molecule has 102 valence electrons. The minimum atomic E-state index is -0.973. The van der Waals surface area contributed by atoms with Crippen molar-refractivity contribution in [3.05, 3.63) is 28.8 Å². The summed E-state index contributed by atoms with van der Waals surface area (Å²) in [5.41, 5.74) is 0.188. The summed E-state index contributed by atoms with van der Waals surface area (Å²) in [5.74, 6) is 1.65. The smallest absolute Gasteiger partial charge is 0.339 e. The van der Waals surface area contributed by atoms with Crippen LogP contribution in [0.25, 0.3) is 0 Å². The van der Waals surface area contributed by atoms with Gasteiger partial charge in [-0.3, -0.25) is 0 Å². The Hall–Kier alpha value is -1.22. The third-order valence-corrected chi connectivity index (χ3v) is 4.75. The van der Waals surface area contributed by atoms with E-state index >= 15 is 0 Å². The number of aromatic carboxylic acids is 1. The molecule has 2 aliphatic carbocycles. The number of ether oxygens (including phenoxy) is 1. The first kappa shape index (κ1) is 12.8. The standard InChI is InChI=1S/C15H17ClO3/c16-12-3-4-13(15(17)18)14(7-12)19-8-11-6-9-1-2-10(11)5-9/h3-4,7,9-11H,1-2,5-6,8H2,(H,17,18). The number of fused-ring (bicyclic) bond motifs is 2. The molecule has 3 rings (SSSR count). The number of benzene rings is 1. The lowest BCUT2D eigenvalue weighted by molar-refractivity contribution is 0.0690. The van der Waals surface area contributed by atoms with Gasteiger partial charge in [0.2, 0.25) is 0 Å². The fourth-order valence-electron chi connectivity index (χ4n) is 3.57. The molecule has 2 aliphatic rings. The summed E-state index contributed by atoms with van der Waals surface area (Å²) in [7, 11) is 0. The van der Waals surface area contributed by atoms with E-state index in [9.17, 15) is 4.79 Å². The normalized spacial score (nSPS) is 28.6. The third kappa shape index (κ3) is 2.57. The Morgan fingerprint density at radius 2 is 2.21 bits per heavy atom. The molecule has 19 heavy (non-hydrogen) atoms. The minimum absolute atomic E-state index is 0.188. The van der Waals surface area contributed by atoms with Crippen molar-refractivity contribution < 1.29 is 14.6 Å². The van der Waals surface area contributed by atoms with Gasteiger partial charge in [-0.15, -0.1) is 0 Å². The molecule has 0 heterocycles. The Kier molecular flexibility index (Phi) is 3.40. The summed E-state index contributed by atoms with van der Waals surface area (Å²) in [5, 5.41) is 9.64. The number of carbonyl (C=O) groups is 1. The zero-order valence-corrected chi connectivity index (χ0v) is 11.4. The highest BCUT2D eigenvalue weighted by molar-refractivity contribution is 6.30. The molecule has 2 fully saturated rings. The summed E-state index contributed by atoms with van der Waals surface area (Å²) >= 11 is 5.91. The molecule has 2 saturated carbocycles. The average Bonchev–Trinajstić information content (AvgIpc) is 2.98. The average molecular weight is 281 g/mol. The minimum Gasteiger partial charge on any atom is -0.492 e. The van der Waals surface area contributed by atoms with E-state index in [1.165, 1.54) is 31.7 Å². The van der Waals surface area contributed by atoms with Crippen LogP contribution in [0, 0.1) is 17.8 Å². The van der Waals surface area contributed by atoms with Crippen molar-refractivity contribution in [2.75, 3.05) is 6.61 Å². The molecule has 0 amide bonds. The zero-order chi connectivity index (χ0) is 13.4. The van der Waals surface area contributed by atoms with Gasteiger partial charge in [0.1, 0.15) is 11.3 Å². The quantitative estimate of drug-likeness (QED) is 0.911. The maximum absolute atomic E-state index is 11.1. The van der Waals surface area contributed by atoms with Gasteiger partial charge in [-0.25, -0.2) is 4.79 Å². The number of hydrogen-bond acceptors (Lipinski definition) is 2. The number of halogens is 1. The van der Waals surface area contributed by atoms with Crippen molar-refractivity contribution in [3.63, 3.8) is 0 Å². The van der Waals surface area contributed by atoms with Crippen LogP contribution in [-0.2, 0) is 0 Å². The van der Waals surface area contributed by atoms with Gasteiger partial charge in [0.15, 0.2) is 0 Å². The summed E-state index contributed by atoms with van der Waals surface area (Å²) in [6.07, 6.45) is 5.22. The highest BCUT2D eigenvalue weighted by Crippen LogP contribution is 2.48. The van der Waals surface area contributed by atoms with E-state index in [-0.39, 0.29) is 5.56 Å². The number of carboxylic acids is 1. The molecule has 4 heteroatoms. The third-order valence-electron chi connectivity index (χ3n) is 4.51. The molecule has 1 aromatic rings. The fraction of sp³-hybridized carbons (Fsp3) is 0.533. The van der Waals surface area contributed by atoms with E-state index in [0.29, 0.717) is 23.3 Å². The summed E-state index contributed by atoms with van der Waals surface area (Å²) in [6, 6.07) is 4.68. The van der Waals surface area contributed by atoms with Crippen LogP contribution < -0.4 is 4.74 Å².